The van der Waals surface area contributed by atoms with Gasteiger partial charge in [-0.1, -0.05) is 17.7 Å². The second-order valence-corrected chi connectivity index (χ2v) is 5.13. The van der Waals surface area contributed by atoms with Crippen molar-refractivity contribution < 1.29 is 9.53 Å². The molecule has 1 fully saturated rings. The van der Waals surface area contributed by atoms with Gasteiger partial charge in [-0.15, -0.1) is 0 Å². The first-order valence-corrected chi connectivity index (χ1v) is 7.14. The minimum atomic E-state index is 0.0317. The third-order valence-electron chi connectivity index (χ3n) is 3.29. The van der Waals surface area contributed by atoms with Crippen LogP contribution >= 0.6 is 11.6 Å². The molecule has 0 unspecified atom stereocenters. The van der Waals surface area contributed by atoms with Crippen molar-refractivity contribution in [2.45, 2.75) is 0 Å². The summed E-state index contributed by atoms with van der Waals surface area (Å²) in [6, 6.07) is 7.78. The lowest BCUT2D eigenvalue weighted by Gasteiger charge is -2.36. The van der Waals surface area contributed by atoms with Crippen LogP contribution in [-0.2, 0) is 9.53 Å². The molecule has 0 aromatic heterocycles. The summed E-state index contributed by atoms with van der Waals surface area (Å²) in [6.45, 7) is 4.01. The Morgan fingerprint density at radius 1 is 1.30 bits per heavy atom. The van der Waals surface area contributed by atoms with Gasteiger partial charge in [-0.3, -0.25) is 4.79 Å². The minimum absolute atomic E-state index is 0.0317. The number of benzene rings is 1. The molecule has 110 valence electrons. The summed E-state index contributed by atoms with van der Waals surface area (Å²) in [5, 5.41) is 0.733. The topological polar surface area (TPSA) is 58.8 Å². The highest BCUT2D eigenvalue weighted by Crippen LogP contribution is 2.20. The number of hydrogen-bond donors (Lipinski definition) is 1. The number of piperazine rings is 1. The average Bonchev–Trinajstić information content (AvgIpc) is 2.47. The lowest BCUT2D eigenvalue weighted by atomic mass is 10.2. The maximum absolute atomic E-state index is 11.9. The summed E-state index contributed by atoms with van der Waals surface area (Å²) in [7, 11) is 0. The van der Waals surface area contributed by atoms with Crippen LogP contribution in [0.4, 0.5) is 5.69 Å². The molecule has 1 aromatic rings. The van der Waals surface area contributed by atoms with Crippen LogP contribution < -0.4 is 10.6 Å². The van der Waals surface area contributed by atoms with Crippen molar-refractivity contribution in [3.63, 3.8) is 0 Å². The Hall–Kier alpha value is -1.30. The molecule has 1 heterocycles. The SMILES string of the molecule is NCCOCC(=O)N1CCN(c2cccc(Cl)c2)CC1. The number of carbonyl (C=O) groups excluding carboxylic acids is 1. The van der Waals surface area contributed by atoms with Gasteiger partial charge < -0.3 is 20.3 Å². The number of carbonyl (C=O) groups is 1. The van der Waals surface area contributed by atoms with Crippen LogP contribution in [0.5, 0.6) is 0 Å². The lowest BCUT2D eigenvalue weighted by Crippen LogP contribution is -2.49. The summed E-state index contributed by atoms with van der Waals surface area (Å²) in [4.78, 5) is 16.0. The quantitative estimate of drug-likeness (QED) is 0.823. The number of ether oxygens (including phenoxy) is 1. The first-order chi connectivity index (χ1) is 9.70. The number of nitrogens with two attached hydrogens (primary N) is 1. The van der Waals surface area contributed by atoms with Crippen molar-refractivity contribution >= 4 is 23.2 Å². The van der Waals surface area contributed by atoms with Crippen LogP contribution in [0.3, 0.4) is 0 Å². The minimum Gasteiger partial charge on any atom is -0.370 e. The zero-order chi connectivity index (χ0) is 14.4. The standard InChI is InChI=1S/C14H20ClN3O2/c15-12-2-1-3-13(10-12)17-5-7-18(8-6-17)14(19)11-20-9-4-16/h1-3,10H,4-9,11,16H2. The fraction of sp³-hybridized carbons (Fsp3) is 0.500. The molecule has 1 aromatic carbocycles. The maximum atomic E-state index is 11.9. The Morgan fingerprint density at radius 2 is 2.05 bits per heavy atom. The molecule has 0 aliphatic carbocycles. The smallest absolute Gasteiger partial charge is 0.248 e. The van der Waals surface area contributed by atoms with Crippen molar-refractivity contribution in [2.75, 3.05) is 50.8 Å². The van der Waals surface area contributed by atoms with Crippen LogP contribution in [0.2, 0.25) is 5.02 Å². The first-order valence-electron chi connectivity index (χ1n) is 6.77. The Morgan fingerprint density at radius 3 is 2.70 bits per heavy atom. The van der Waals surface area contributed by atoms with Crippen LogP contribution in [-0.4, -0.2) is 56.7 Å². The monoisotopic (exact) mass is 297 g/mol. The van der Waals surface area contributed by atoms with Gasteiger partial charge in [0, 0.05) is 43.4 Å². The van der Waals surface area contributed by atoms with E-state index in [9.17, 15) is 4.79 Å². The summed E-state index contributed by atoms with van der Waals surface area (Å²) < 4.78 is 5.18. The van der Waals surface area contributed by atoms with Crippen LogP contribution in [0, 0.1) is 0 Å². The van der Waals surface area contributed by atoms with Gasteiger partial charge in [0.1, 0.15) is 6.61 Å². The third-order valence-corrected chi connectivity index (χ3v) is 3.53. The Kier molecular flexibility index (Phi) is 5.64. The van der Waals surface area contributed by atoms with E-state index < -0.39 is 0 Å². The van der Waals surface area contributed by atoms with Gasteiger partial charge in [0.05, 0.1) is 6.61 Å². The molecular formula is C14H20ClN3O2. The first kappa shape index (κ1) is 15.1. The van der Waals surface area contributed by atoms with Gasteiger partial charge >= 0.3 is 0 Å². The van der Waals surface area contributed by atoms with E-state index >= 15 is 0 Å². The highest BCUT2D eigenvalue weighted by atomic mass is 35.5. The largest absolute Gasteiger partial charge is 0.370 e. The number of halogens is 1. The van der Waals surface area contributed by atoms with E-state index in [-0.39, 0.29) is 12.5 Å². The second kappa shape index (κ2) is 7.47. The number of anilines is 1. The molecule has 1 amide bonds. The molecule has 0 bridgehead atoms. The average molecular weight is 298 g/mol. The van der Waals surface area contributed by atoms with Crippen LogP contribution in [0.15, 0.2) is 24.3 Å². The second-order valence-electron chi connectivity index (χ2n) is 4.69. The molecule has 1 aliphatic heterocycles. The molecule has 1 aliphatic rings. The van der Waals surface area contributed by atoms with Crippen LogP contribution in [0.1, 0.15) is 0 Å². The number of hydrogen-bond acceptors (Lipinski definition) is 4. The fourth-order valence-electron chi connectivity index (χ4n) is 2.22. The molecule has 0 atom stereocenters. The summed E-state index contributed by atoms with van der Waals surface area (Å²) in [6.07, 6.45) is 0. The normalized spacial score (nSPS) is 15.5. The Labute approximate surface area is 124 Å². The van der Waals surface area contributed by atoms with E-state index in [1.54, 1.807) is 0 Å². The predicted molar refractivity (Wildman–Crippen MR) is 80.1 cm³/mol. The van der Waals surface area contributed by atoms with E-state index in [1.807, 2.05) is 29.2 Å². The number of amides is 1. The molecule has 0 saturated carbocycles. The molecule has 2 N–H and O–H groups in total. The predicted octanol–water partition coefficient (Wildman–Crippen LogP) is 0.964. The molecule has 0 radical (unpaired) electrons. The molecule has 20 heavy (non-hydrogen) atoms. The lowest BCUT2D eigenvalue weighted by molar-refractivity contribution is -0.136. The van der Waals surface area contributed by atoms with E-state index in [2.05, 4.69) is 4.90 Å². The number of nitrogens with zero attached hydrogens (tertiary/aromatic N) is 2. The molecule has 1 saturated heterocycles. The molecular weight excluding hydrogens is 278 g/mol. The van der Waals surface area contributed by atoms with Crippen molar-refractivity contribution in [3.05, 3.63) is 29.3 Å². The molecule has 5 nitrogen and oxygen atoms in total. The van der Waals surface area contributed by atoms with Gasteiger partial charge in [-0.05, 0) is 18.2 Å². The van der Waals surface area contributed by atoms with Crippen LogP contribution in [0.25, 0.3) is 0 Å². The van der Waals surface area contributed by atoms with E-state index in [4.69, 9.17) is 22.1 Å². The zero-order valence-corrected chi connectivity index (χ0v) is 12.2. The fourth-order valence-corrected chi connectivity index (χ4v) is 2.41. The zero-order valence-electron chi connectivity index (χ0n) is 11.4. The molecule has 6 heteroatoms. The van der Waals surface area contributed by atoms with E-state index in [0.29, 0.717) is 26.2 Å². The number of rotatable bonds is 5. The van der Waals surface area contributed by atoms with Crippen molar-refractivity contribution in [1.82, 2.24) is 4.90 Å². The Bertz CT molecular complexity index is 448. The van der Waals surface area contributed by atoms with Gasteiger partial charge in [0.25, 0.3) is 0 Å². The van der Waals surface area contributed by atoms with Gasteiger partial charge in [0.15, 0.2) is 0 Å². The van der Waals surface area contributed by atoms with E-state index in [0.717, 1.165) is 23.8 Å². The highest BCUT2D eigenvalue weighted by Gasteiger charge is 2.21. The van der Waals surface area contributed by atoms with Gasteiger partial charge in [-0.25, -0.2) is 0 Å². The van der Waals surface area contributed by atoms with Crippen molar-refractivity contribution in [3.8, 4) is 0 Å². The van der Waals surface area contributed by atoms with Gasteiger partial charge in [0.2, 0.25) is 5.91 Å². The van der Waals surface area contributed by atoms with Crippen molar-refractivity contribution in [1.29, 1.82) is 0 Å². The Balaban J connectivity index is 1.81. The van der Waals surface area contributed by atoms with Crippen molar-refractivity contribution in [2.24, 2.45) is 5.73 Å². The third kappa shape index (κ3) is 4.10. The molecule has 2 rings (SSSR count). The summed E-state index contributed by atoms with van der Waals surface area (Å²) in [5.74, 6) is 0.0317. The molecule has 0 spiro atoms. The van der Waals surface area contributed by atoms with E-state index in [1.165, 1.54) is 0 Å². The van der Waals surface area contributed by atoms with Gasteiger partial charge in [-0.2, -0.15) is 0 Å². The highest BCUT2D eigenvalue weighted by molar-refractivity contribution is 6.30. The summed E-state index contributed by atoms with van der Waals surface area (Å²) in [5.41, 5.74) is 6.42. The summed E-state index contributed by atoms with van der Waals surface area (Å²) >= 11 is 6.00. The maximum Gasteiger partial charge on any atom is 0.248 e.